The van der Waals surface area contributed by atoms with Crippen LogP contribution in [-0.4, -0.2) is 37.0 Å². The number of ether oxygens (including phenoxy) is 3. The molecule has 0 aliphatic heterocycles. The van der Waals surface area contributed by atoms with Crippen molar-refractivity contribution in [1.29, 1.82) is 0 Å². The molecule has 6 heteroatoms. The second-order valence-corrected chi connectivity index (χ2v) is 3.96. The lowest BCUT2D eigenvalue weighted by Gasteiger charge is -2.08. The van der Waals surface area contributed by atoms with Gasteiger partial charge in [-0.05, 0) is 31.2 Å². The van der Waals surface area contributed by atoms with Gasteiger partial charge in [0.2, 0.25) is 0 Å². The maximum absolute atomic E-state index is 11.6. The van der Waals surface area contributed by atoms with E-state index in [4.69, 9.17) is 14.2 Å². The predicted octanol–water partition coefficient (Wildman–Crippen LogP) is 2.27. The molecule has 1 heterocycles. The van der Waals surface area contributed by atoms with Crippen molar-refractivity contribution in [2.24, 2.45) is 0 Å². The molecule has 6 nitrogen and oxygen atoms in total. The number of benzene rings is 1. The van der Waals surface area contributed by atoms with Crippen molar-refractivity contribution in [3.63, 3.8) is 0 Å². The van der Waals surface area contributed by atoms with E-state index < -0.39 is 5.97 Å². The Morgan fingerprint density at radius 2 is 1.95 bits per heavy atom. The van der Waals surface area contributed by atoms with Gasteiger partial charge in [0, 0.05) is 5.56 Å². The highest BCUT2D eigenvalue weighted by atomic mass is 16.5. The zero-order valence-corrected chi connectivity index (χ0v) is 11.6. The van der Waals surface area contributed by atoms with Crippen molar-refractivity contribution in [2.45, 2.75) is 6.92 Å². The van der Waals surface area contributed by atoms with Gasteiger partial charge in [-0.25, -0.2) is 4.79 Å². The van der Waals surface area contributed by atoms with Crippen LogP contribution in [0.4, 0.5) is 0 Å². The summed E-state index contributed by atoms with van der Waals surface area (Å²) in [6.07, 6.45) is 0. The molecule has 1 aromatic heterocycles. The Morgan fingerprint density at radius 3 is 2.60 bits per heavy atom. The van der Waals surface area contributed by atoms with Crippen molar-refractivity contribution in [3.8, 4) is 22.8 Å². The van der Waals surface area contributed by atoms with Gasteiger partial charge in [-0.15, -0.1) is 0 Å². The summed E-state index contributed by atoms with van der Waals surface area (Å²) < 4.78 is 15.3. The monoisotopic (exact) mass is 276 g/mol. The van der Waals surface area contributed by atoms with Crippen LogP contribution in [0.25, 0.3) is 11.3 Å². The Bertz CT molecular complexity index is 607. The van der Waals surface area contributed by atoms with Gasteiger partial charge in [-0.1, -0.05) is 0 Å². The minimum Gasteiger partial charge on any atom is -0.493 e. The molecule has 2 rings (SSSR count). The highest BCUT2D eigenvalue weighted by Crippen LogP contribution is 2.31. The third-order valence-electron chi connectivity index (χ3n) is 2.75. The highest BCUT2D eigenvalue weighted by Gasteiger charge is 2.13. The molecule has 0 aliphatic carbocycles. The average molecular weight is 276 g/mol. The molecule has 20 heavy (non-hydrogen) atoms. The lowest BCUT2D eigenvalue weighted by molar-refractivity contribution is 0.0519. The summed E-state index contributed by atoms with van der Waals surface area (Å²) in [7, 11) is 3.14. The zero-order valence-electron chi connectivity index (χ0n) is 11.6. The van der Waals surface area contributed by atoms with Crippen LogP contribution in [-0.2, 0) is 4.74 Å². The highest BCUT2D eigenvalue weighted by molar-refractivity contribution is 5.88. The number of carbonyl (C=O) groups is 1. The van der Waals surface area contributed by atoms with Crippen molar-refractivity contribution in [2.75, 3.05) is 20.8 Å². The first-order valence-corrected chi connectivity index (χ1v) is 6.14. The van der Waals surface area contributed by atoms with E-state index in [1.807, 2.05) is 6.07 Å². The molecule has 1 aromatic carbocycles. The second-order valence-electron chi connectivity index (χ2n) is 3.96. The lowest BCUT2D eigenvalue weighted by atomic mass is 10.1. The molecule has 106 valence electrons. The van der Waals surface area contributed by atoms with Crippen molar-refractivity contribution in [1.82, 2.24) is 10.2 Å². The summed E-state index contributed by atoms with van der Waals surface area (Å²) in [4.78, 5) is 11.6. The molecular formula is C14H16N2O4. The van der Waals surface area contributed by atoms with Gasteiger partial charge in [0.05, 0.1) is 26.5 Å². The summed E-state index contributed by atoms with van der Waals surface area (Å²) in [6, 6.07) is 7.06. The number of aromatic nitrogens is 2. The second kappa shape index (κ2) is 6.10. The van der Waals surface area contributed by atoms with Crippen LogP contribution in [0, 0.1) is 0 Å². The quantitative estimate of drug-likeness (QED) is 0.848. The molecular weight excluding hydrogens is 260 g/mol. The normalized spacial score (nSPS) is 10.2. The summed E-state index contributed by atoms with van der Waals surface area (Å²) in [6.45, 7) is 2.08. The van der Waals surface area contributed by atoms with E-state index >= 15 is 0 Å². The average Bonchev–Trinajstić information content (AvgIpc) is 2.96. The largest absolute Gasteiger partial charge is 0.493 e. The van der Waals surface area contributed by atoms with Crippen molar-refractivity contribution < 1.29 is 19.0 Å². The van der Waals surface area contributed by atoms with E-state index in [9.17, 15) is 4.79 Å². The van der Waals surface area contributed by atoms with Crippen LogP contribution in [0.15, 0.2) is 24.3 Å². The maximum atomic E-state index is 11.6. The summed E-state index contributed by atoms with van der Waals surface area (Å²) >= 11 is 0. The molecule has 0 saturated carbocycles. The predicted molar refractivity (Wildman–Crippen MR) is 73.1 cm³/mol. The number of H-pyrrole nitrogens is 1. The molecule has 0 atom stereocenters. The zero-order chi connectivity index (χ0) is 14.5. The van der Waals surface area contributed by atoms with Gasteiger partial charge in [-0.3, -0.25) is 5.10 Å². The van der Waals surface area contributed by atoms with Crippen LogP contribution in [0.5, 0.6) is 11.5 Å². The number of nitrogens with zero attached hydrogens (tertiary/aromatic N) is 1. The topological polar surface area (TPSA) is 73.4 Å². The molecule has 0 unspecified atom stereocenters. The smallest absolute Gasteiger partial charge is 0.356 e. The van der Waals surface area contributed by atoms with Gasteiger partial charge in [0.25, 0.3) is 0 Å². The van der Waals surface area contributed by atoms with Crippen LogP contribution >= 0.6 is 0 Å². The van der Waals surface area contributed by atoms with Gasteiger partial charge in [0.15, 0.2) is 11.5 Å². The number of methoxy groups -OCH3 is 2. The molecule has 0 saturated heterocycles. The fourth-order valence-electron chi connectivity index (χ4n) is 1.78. The number of rotatable bonds is 5. The Labute approximate surface area is 116 Å². The van der Waals surface area contributed by atoms with Gasteiger partial charge < -0.3 is 14.2 Å². The van der Waals surface area contributed by atoms with Crippen LogP contribution in [0.1, 0.15) is 17.4 Å². The SMILES string of the molecule is CCOC(=O)c1cc(-c2ccc(OC)c(OC)c2)n[nH]1. The van der Waals surface area contributed by atoms with E-state index in [0.717, 1.165) is 5.56 Å². The maximum Gasteiger partial charge on any atom is 0.356 e. The minimum absolute atomic E-state index is 0.316. The van der Waals surface area contributed by atoms with Gasteiger partial charge >= 0.3 is 5.97 Å². The fourth-order valence-corrected chi connectivity index (χ4v) is 1.78. The van der Waals surface area contributed by atoms with Crippen LogP contribution in [0.2, 0.25) is 0 Å². The molecule has 0 spiro atoms. The molecule has 0 fully saturated rings. The number of hydrogen-bond donors (Lipinski definition) is 1. The third-order valence-corrected chi connectivity index (χ3v) is 2.75. The Morgan fingerprint density at radius 1 is 1.20 bits per heavy atom. The van der Waals surface area contributed by atoms with Crippen LogP contribution in [0.3, 0.4) is 0 Å². The first-order valence-electron chi connectivity index (χ1n) is 6.14. The molecule has 0 amide bonds. The van der Waals surface area contributed by atoms with Gasteiger partial charge in [0.1, 0.15) is 5.69 Å². The lowest BCUT2D eigenvalue weighted by Crippen LogP contribution is -2.04. The van der Waals surface area contributed by atoms with Gasteiger partial charge in [-0.2, -0.15) is 5.10 Å². The fraction of sp³-hybridized carbons (Fsp3) is 0.286. The van der Waals surface area contributed by atoms with E-state index in [1.165, 1.54) is 0 Å². The minimum atomic E-state index is -0.424. The number of esters is 1. The van der Waals surface area contributed by atoms with E-state index in [-0.39, 0.29) is 0 Å². The van der Waals surface area contributed by atoms with E-state index in [0.29, 0.717) is 29.5 Å². The summed E-state index contributed by atoms with van der Waals surface area (Å²) in [5.74, 6) is 0.815. The Hall–Kier alpha value is -2.50. The van der Waals surface area contributed by atoms with Crippen molar-refractivity contribution in [3.05, 3.63) is 30.0 Å². The standard InChI is InChI=1S/C14H16N2O4/c1-4-20-14(17)11-8-10(15-16-11)9-5-6-12(18-2)13(7-9)19-3/h5-8H,4H2,1-3H3,(H,15,16). The molecule has 1 N–H and O–H groups in total. The molecule has 2 aromatic rings. The van der Waals surface area contributed by atoms with E-state index in [1.54, 1.807) is 39.3 Å². The third kappa shape index (κ3) is 2.74. The number of aromatic amines is 1. The number of carbonyl (C=O) groups excluding carboxylic acids is 1. The van der Waals surface area contributed by atoms with E-state index in [2.05, 4.69) is 10.2 Å². The number of nitrogens with one attached hydrogen (secondary N) is 1. The summed E-state index contributed by atoms with van der Waals surface area (Å²) in [5, 5.41) is 6.76. The molecule has 0 radical (unpaired) electrons. The van der Waals surface area contributed by atoms with Crippen molar-refractivity contribution >= 4 is 5.97 Å². The molecule has 0 aliphatic rings. The Kier molecular flexibility index (Phi) is 4.24. The number of hydrogen-bond acceptors (Lipinski definition) is 5. The summed E-state index contributed by atoms with van der Waals surface area (Å²) in [5.41, 5.74) is 1.76. The molecule has 0 bridgehead atoms. The van der Waals surface area contributed by atoms with Crippen LogP contribution < -0.4 is 9.47 Å². The Balaban J connectivity index is 2.30. The first-order chi connectivity index (χ1) is 9.69. The first kappa shape index (κ1) is 13.9.